The molecular formula is C16H12N2O4. The maximum atomic E-state index is 12.0. The van der Waals surface area contributed by atoms with Crippen LogP contribution in [0.4, 0.5) is 5.69 Å². The molecule has 0 spiro atoms. The Balaban J connectivity index is 2.02. The van der Waals surface area contributed by atoms with E-state index in [9.17, 15) is 19.8 Å². The van der Waals surface area contributed by atoms with Crippen molar-refractivity contribution in [2.45, 2.75) is 0 Å². The van der Waals surface area contributed by atoms with Gasteiger partial charge in [-0.25, -0.2) is 0 Å². The smallest absolute Gasteiger partial charge is 0.260 e. The van der Waals surface area contributed by atoms with E-state index in [1.165, 1.54) is 24.4 Å². The highest BCUT2D eigenvalue weighted by atomic mass is 16.3. The van der Waals surface area contributed by atoms with Crippen LogP contribution in [0.15, 0.2) is 48.7 Å². The van der Waals surface area contributed by atoms with Gasteiger partial charge in [0.25, 0.3) is 11.8 Å². The quantitative estimate of drug-likeness (QED) is 0.385. The van der Waals surface area contributed by atoms with Crippen LogP contribution in [0.2, 0.25) is 0 Å². The second kappa shape index (κ2) is 5.25. The lowest BCUT2D eigenvalue weighted by atomic mass is 9.95. The molecule has 110 valence electrons. The van der Waals surface area contributed by atoms with Gasteiger partial charge in [-0.3, -0.25) is 14.9 Å². The predicted octanol–water partition coefficient (Wildman–Crippen LogP) is 1.82. The number of aromatic hydroxyl groups is 2. The molecule has 0 aromatic heterocycles. The van der Waals surface area contributed by atoms with Crippen molar-refractivity contribution in [2.75, 3.05) is 5.32 Å². The number of phenols is 2. The third-order valence-electron chi connectivity index (χ3n) is 3.31. The van der Waals surface area contributed by atoms with Gasteiger partial charge in [-0.15, -0.1) is 0 Å². The first-order chi connectivity index (χ1) is 10.6. The number of rotatable bonds is 2. The Hall–Kier alpha value is -3.28. The molecular weight excluding hydrogens is 284 g/mol. The van der Waals surface area contributed by atoms with E-state index in [-0.39, 0.29) is 22.8 Å². The Kier molecular flexibility index (Phi) is 3.27. The minimum atomic E-state index is -0.550. The Morgan fingerprint density at radius 1 is 0.864 bits per heavy atom. The number of nitrogens with one attached hydrogen (secondary N) is 2. The van der Waals surface area contributed by atoms with Crippen LogP contribution in [-0.2, 0) is 4.79 Å². The summed E-state index contributed by atoms with van der Waals surface area (Å²) in [5.74, 6) is -1.32. The fourth-order valence-electron chi connectivity index (χ4n) is 2.24. The molecule has 4 N–H and O–H groups in total. The zero-order chi connectivity index (χ0) is 15.7. The van der Waals surface area contributed by atoms with Gasteiger partial charge in [-0.2, -0.15) is 0 Å². The summed E-state index contributed by atoms with van der Waals surface area (Å²) in [5.41, 5.74) is 1.19. The molecule has 2 amide bonds. The summed E-state index contributed by atoms with van der Waals surface area (Å²) in [5, 5.41) is 24.4. The number of hydrogen-bond donors (Lipinski definition) is 4. The lowest BCUT2D eigenvalue weighted by Crippen LogP contribution is -2.36. The van der Waals surface area contributed by atoms with E-state index < -0.39 is 11.8 Å². The number of carbonyl (C=O) groups is 2. The molecule has 0 fully saturated rings. The largest absolute Gasteiger partial charge is 0.506 e. The molecule has 0 aliphatic carbocycles. The summed E-state index contributed by atoms with van der Waals surface area (Å²) in [6, 6.07) is 11.0. The SMILES string of the molecule is O=C1NC(=O)c2ccccc2C1=CNc1c(O)cccc1O. The first-order valence-electron chi connectivity index (χ1n) is 6.50. The van der Waals surface area contributed by atoms with Gasteiger partial charge in [-0.1, -0.05) is 24.3 Å². The number of imide groups is 1. The van der Waals surface area contributed by atoms with Gasteiger partial charge in [-0.05, 0) is 18.2 Å². The summed E-state index contributed by atoms with van der Waals surface area (Å²) in [6.45, 7) is 0. The average molecular weight is 296 g/mol. The topological polar surface area (TPSA) is 98.7 Å². The van der Waals surface area contributed by atoms with Gasteiger partial charge in [0.2, 0.25) is 0 Å². The zero-order valence-electron chi connectivity index (χ0n) is 11.3. The normalized spacial score (nSPS) is 15.4. The van der Waals surface area contributed by atoms with E-state index in [0.717, 1.165) is 0 Å². The number of fused-ring (bicyclic) bond motifs is 1. The fourth-order valence-corrected chi connectivity index (χ4v) is 2.24. The van der Waals surface area contributed by atoms with Gasteiger partial charge in [0.1, 0.15) is 17.2 Å². The van der Waals surface area contributed by atoms with Crippen LogP contribution in [0.1, 0.15) is 15.9 Å². The Bertz CT molecular complexity index is 791. The summed E-state index contributed by atoms with van der Waals surface area (Å²) >= 11 is 0. The first kappa shape index (κ1) is 13.7. The molecule has 1 aliphatic heterocycles. The highest BCUT2D eigenvalue weighted by Crippen LogP contribution is 2.33. The highest BCUT2D eigenvalue weighted by Gasteiger charge is 2.26. The molecule has 6 nitrogen and oxygen atoms in total. The maximum absolute atomic E-state index is 12.0. The van der Waals surface area contributed by atoms with Crippen LogP contribution in [0.5, 0.6) is 11.5 Å². The van der Waals surface area contributed by atoms with Gasteiger partial charge in [0.15, 0.2) is 0 Å². The predicted molar refractivity (Wildman–Crippen MR) is 80.3 cm³/mol. The molecule has 0 atom stereocenters. The molecule has 0 radical (unpaired) electrons. The Labute approximate surface area is 125 Å². The van der Waals surface area contributed by atoms with Crippen molar-refractivity contribution in [3.63, 3.8) is 0 Å². The van der Waals surface area contributed by atoms with Crippen molar-refractivity contribution in [3.05, 3.63) is 59.8 Å². The van der Waals surface area contributed by atoms with E-state index in [2.05, 4.69) is 10.6 Å². The van der Waals surface area contributed by atoms with E-state index in [0.29, 0.717) is 11.1 Å². The van der Waals surface area contributed by atoms with Crippen molar-refractivity contribution < 1.29 is 19.8 Å². The van der Waals surface area contributed by atoms with Crippen LogP contribution in [0.25, 0.3) is 5.57 Å². The number of carbonyl (C=O) groups excluding carboxylic acids is 2. The zero-order valence-corrected chi connectivity index (χ0v) is 11.3. The average Bonchev–Trinajstić information content (AvgIpc) is 2.49. The molecule has 6 heteroatoms. The molecule has 0 saturated carbocycles. The fraction of sp³-hybridized carbons (Fsp3) is 0. The summed E-state index contributed by atoms with van der Waals surface area (Å²) in [4.78, 5) is 23.8. The third kappa shape index (κ3) is 2.26. The van der Waals surface area contributed by atoms with Crippen molar-refractivity contribution >= 4 is 23.1 Å². The van der Waals surface area contributed by atoms with Gasteiger partial charge >= 0.3 is 0 Å². The number of para-hydroxylation sites is 1. The van der Waals surface area contributed by atoms with Crippen LogP contribution >= 0.6 is 0 Å². The van der Waals surface area contributed by atoms with Crippen molar-refractivity contribution in [1.29, 1.82) is 0 Å². The minimum absolute atomic E-state index is 0.0807. The van der Waals surface area contributed by atoms with E-state index in [1.807, 2.05) is 0 Å². The number of amides is 2. The second-order valence-corrected chi connectivity index (χ2v) is 4.70. The van der Waals surface area contributed by atoms with Gasteiger partial charge in [0.05, 0.1) is 5.57 Å². The van der Waals surface area contributed by atoms with Crippen molar-refractivity contribution in [3.8, 4) is 11.5 Å². The summed E-state index contributed by atoms with van der Waals surface area (Å²) in [7, 11) is 0. The van der Waals surface area contributed by atoms with Crippen molar-refractivity contribution in [2.24, 2.45) is 0 Å². The molecule has 0 saturated heterocycles. The van der Waals surface area contributed by atoms with E-state index in [1.54, 1.807) is 24.3 Å². The monoisotopic (exact) mass is 296 g/mol. The molecule has 2 aromatic rings. The van der Waals surface area contributed by atoms with E-state index in [4.69, 9.17) is 0 Å². The standard InChI is InChI=1S/C16H12N2O4/c19-12-6-3-7-13(20)14(12)17-8-11-9-4-1-2-5-10(9)15(21)18-16(11)22/h1-8,17,19-20H,(H,18,21,22). The van der Waals surface area contributed by atoms with E-state index >= 15 is 0 Å². The Morgan fingerprint density at radius 2 is 1.50 bits per heavy atom. The summed E-state index contributed by atoms with van der Waals surface area (Å²) < 4.78 is 0. The number of phenolic OH excluding ortho intramolecular Hbond substituents is 2. The van der Waals surface area contributed by atoms with Gasteiger partial charge < -0.3 is 15.5 Å². The maximum Gasteiger partial charge on any atom is 0.260 e. The third-order valence-corrected chi connectivity index (χ3v) is 3.31. The molecule has 22 heavy (non-hydrogen) atoms. The van der Waals surface area contributed by atoms with Crippen LogP contribution < -0.4 is 10.6 Å². The molecule has 3 rings (SSSR count). The lowest BCUT2D eigenvalue weighted by molar-refractivity contribution is -0.114. The van der Waals surface area contributed by atoms with Crippen LogP contribution in [0, 0.1) is 0 Å². The summed E-state index contributed by atoms with van der Waals surface area (Å²) in [6.07, 6.45) is 1.34. The van der Waals surface area contributed by atoms with Crippen LogP contribution in [-0.4, -0.2) is 22.0 Å². The van der Waals surface area contributed by atoms with Crippen LogP contribution in [0.3, 0.4) is 0 Å². The molecule has 1 aliphatic rings. The highest BCUT2D eigenvalue weighted by molar-refractivity contribution is 6.31. The molecule has 2 aromatic carbocycles. The number of anilines is 1. The molecule has 1 heterocycles. The Morgan fingerprint density at radius 3 is 2.18 bits per heavy atom. The van der Waals surface area contributed by atoms with Crippen molar-refractivity contribution in [1.82, 2.24) is 5.32 Å². The first-order valence-corrected chi connectivity index (χ1v) is 6.50. The molecule has 0 unspecified atom stereocenters. The second-order valence-electron chi connectivity index (χ2n) is 4.70. The lowest BCUT2D eigenvalue weighted by Gasteiger charge is -2.18. The number of hydrogen-bond acceptors (Lipinski definition) is 5. The minimum Gasteiger partial charge on any atom is -0.506 e. The number of benzene rings is 2. The van der Waals surface area contributed by atoms with Gasteiger partial charge in [0, 0.05) is 17.3 Å². The molecule has 0 bridgehead atoms.